The van der Waals surface area contributed by atoms with E-state index in [1.807, 2.05) is 12.1 Å². The van der Waals surface area contributed by atoms with Crippen LogP contribution < -0.4 is 13.2 Å². The minimum absolute atomic E-state index is 0.957. The standard InChI is InChI=1S/C25H20GeO/c1-26(19-10-4-2-5-11-19,20-12-6-3-7-13-20)21-16-17-25-23(18-21)22-14-8-9-15-24(22)27-25/h2-18H,1H3. The van der Waals surface area contributed by atoms with E-state index >= 15 is 0 Å². The Morgan fingerprint density at radius 3 is 1.74 bits per heavy atom. The summed E-state index contributed by atoms with van der Waals surface area (Å²) in [5, 5.41) is 2.41. The van der Waals surface area contributed by atoms with E-state index in [4.69, 9.17) is 4.42 Å². The van der Waals surface area contributed by atoms with E-state index in [0.717, 1.165) is 11.2 Å². The molecule has 0 aliphatic rings. The molecule has 1 nitrogen and oxygen atoms in total. The van der Waals surface area contributed by atoms with Crippen molar-refractivity contribution in [2.75, 3.05) is 0 Å². The van der Waals surface area contributed by atoms with Gasteiger partial charge in [-0.1, -0.05) is 0 Å². The third-order valence-corrected chi connectivity index (χ3v) is 15.0. The van der Waals surface area contributed by atoms with Crippen LogP contribution in [0.5, 0.6) is 0 Å². The average molecular weight is 409 g/mol. The van der Waals surface area contributed by atoms with Gasteiger partial charge in [0.1, 0.15) is 0 Å². The van der Waals surface area contributed by atoms with Crippen LogP contribution in [0, 0.1) is 0 Å². The van der Waals surface area contributed by atoms with Gasteiger partial charge in [-0.05, 0) is 0 Å². The summed E-state index contributed by atoms with van der Waals surface area (Å²) in [6, 6.07) is 37.2. The zero-order valence-corrected chi connectivity index (χ0v) is 17.3. The first-order valence-electron chi connectivity index (χ1n) is 9.29. The van der Waals surface area contributed by atoms with Crippen LogP contribution in [0.2, 0.25) is 5.76 Å². The zero-order valence-electron chi connectivity index (χ0n) is 15.2. The molecule has 2 heteroatoms. The van der Waals surface area contributed by atoms with Crippen molar-refractivity contribution in [3.8, 4) is 0 Å². The number of hydrogen-bond acceptors (Lipinski definition) is 1. The third kappa shape index (κ3) is 2.62. The SMILES string of the molecule is [CH3][Ge]([c]1ccccc1)([c]1ccccc1)[c]1ccc2oc3ccccc3c2c1. The van der Waals surface area contributed by atoms with Gasteiger partial charge in [0.2, 0.25) is 0 Å². The molecule has 0 amide bonds. The molecule has 0 radical (unpaired) electrons. The van der Waals surface area contributed by atoms with E-state index < -0.39 is 13.3 Å². The first-order valence-corrected chi connectivity index (χ1v) is 14.5. The average Bonchev–Trinajstić information content (AvgIpc) is 3.12. The number of benzene rings is 4. The van der Waals surface area contributed by atoms with E-state index in [9.17, 15) is 0 Å². The summed E-state index contributed by atoms with van der Waals surface area (Å²) in [4.78, 5) is 0. The van der Waals surface area contributed by atoms with Gasteiger partial charge in [-0.15, -0.1) is 0 Å². The first-order chi connectivity index (χ1) is 13.3. The summed E-state index contributed by atoms with van der Waals surface area (Å²) < 4.78 is 10.4. The van der Waals surface area contributed by atoms with Crippen LogP contribution in [0.15, 0.2) is 108 Å². The molecule has 0 aliphatic heterocycles. The van der Waals surface area contributed by atoms with Crippen molar-refractivity contribution in [1.82, 2.24) is 0 Å². The molecule has 5 aromatic rings. The van der Waals surface area contributed by atoms with Gasteiger partial charge in [-0.3, -0.25) is 0 Å². The molecule has 0 atom stereocenters. The number of rotatable bonds is 3. The van der Waals surface area contributed by atoms with Crippen molar-refractivity contribution in [1.29, 1.82) is 0 Å². The van der Waals surface area contributed by atoms with E-state index in [1.165, 1.54) is 24.0 Å². The molecular formula is C25H20GeO. The number of para-hydroxylation sites is 1. The van der Waals surface area contributed by atoms with Crippen molar-refractivity contribution in [2.24, 2.45) is 0 Å². The van der Waals surface area contributed by atoms with E-state index in [-0.39, 0.29) is 0 Å². The second kappa shape index (κ2) is 6.43. The molecule has 1 aromatic heterocycles. The Bertz CT molecular complexity index is 1180. The number of fused-ring (bicyclic) bond motifs is 3. The van der Waals surface area contributed by atoms with Crippen LogP contribution >= 0.6 is 0 Å². The number of furan rings is 1. The fourth-order valence-corrected chi connectivity index (χ4v) is 11.6. The summed E-state index contributed by atoms with van der Waals surface area (Å²) in [6.07, 6.45) is 0. The minimum atomic E-state index is -2.75. The summed E-state index contributed by atoms with van der Waals surface area (Å²) in [6.45, 7) is 0. The summed E-state index contributed by atoms with van der Waals surface area (Å²) >= 11 is -2.75. The van der Waals surface area contributed by atoms with Gasteiger partial charge < -0.3 is 0 Å². The molecule has 0 spiro atoms. The molecule has 0 bridgehead atoms. The van der Waals surface area contributed by atoms with Crippen LogP contribution in [-0.4, -0.2) is 13.3 Å². The monoisotopic (exact) mass is 410 g/mol. The Morgan fingerprint density at radius 1 is 0.519 bits per heavy atom. The van der Waals surface area contributed by atoms with Gasteiger partial charge in [-0.2, -0.15) is 0 Å². The van der Waals surface area contributed by atoms with Gasteiger partial charge in [-0.25, -0.2) is 0 Å². The quantitative estimate of drug-likeness (QED) is 0.395. The molecule has 5 rings (SSSR count). The first kappa shape index (κ1) is 16.4. The van der Waals surface area contributed by atoms with Crippen LogP contribution in [-0.2, 0) is 0 Å². The summed E-state index contributed by atoms with van der Waals surface area (Å²) in [5.41, 5.74) is 1.92. The molecule has 4 aromatic carbocycles. The van der Waals surface area contributed by atoms with E-state index in [1.54, 1.807) is 0 Å². The van der Waals surface area contributed by atoms with Crippen molar-refractivity contribution >= 4 is 48.4 Å². The van der Waals surface area contributed by atoms with Crippen molar-refractivity contribution in [2.45, 2.75) is 5.76 Å². The van der Waals surface area contributed by atoms with Gasteiger partial charge in [0.05, 0.1) is 0 Å². The van der Waals surface area contributed by atoms with Crippen LogP contribution in [0.1, 0.15) is 0 Å². The third-order valence-electron chi connectivity index (χ3n) is 5.66. The Balaban J connectivity index is 1.81. The molecular weight excluding hydrogens is 389 g/mol. The number of hydrogen-bond donors (Lipinski definition) is 0. The summed E-state index contributed by atoms with van der Waals surface area (Å²) in [7, 11) is 0. The Kier molecular flexibility index (Phi) is 3.91. The normalized spacial score (nSPS) is 11.9. The second-order valence-corrected chi connectivity index (χ2v) is 15.5. The fourth-order valence-electron chi connectivity index (χ4n) is 4.08. The van der Waals surface area contributed by atoms with Crippen molar-refractivity contribution in [3.05, 3.63) is 103 Å². The molecule has 1 heterocycles. The molecule has 0 aliphatic carbocycles. The Morgan fingerprint density at radius 2 is 1.07 bits per heavy atom. The van der Waals surface area contributed by atoms with Gasteiger partial charge >= 0.3 is 162 Å². The molecule has 27 heavy (non-hydrogen) atoms. The second-order valence-electron chi connectivity index (χ2n) is 7.17. The molecule has 0 saturated heterocycles. The molecule has 0 unspecified atom stereocenters. The fraction of sp³-hybridized carbons (Fsp3) is 0.0400. The van der Waals surface area contributed by atoms with Gasteiger partial charge in [0.25, 0.3) is 0 Å². The van der Waals surface area contributed by atoms with Crippen molar-refractivity contribution in [3.63, 3.8) is 0 Å². The topological polar surface area (TPSA) is 13.1 Å². The molecule has 0 N–H and O–H groups in total. The van der Waals surface area contributed by atoms with Crippen LogP contribution in [0.3, 0.4) is 0 Å². The summed E-state index contributed by atoms with van der Waals surface area (Å²) in [5.74, 6) is 2.49. The Hall–Kier alpha value is -2.78. The van der Waals surface area contributed by atoms with Crippen LogP contribution in [0.4, 0.5) is 0 Å². The molecule has 130 valence electrons. The predicted molar refractivity (Wildman–Crippen MR) is 117 cm³/mol. The van der Waals surface area contributed by atoms with Gasteiger partial charge in [0.15, 0.2) is 0 Å². The zero-order chi connectivity index (χ0) is 18.3. The molecule has 0 fully saturated rings. The van der Waals surface area contributed by atoms with Crippen LogP contribution in [0.25, 0.3) is 21.9 Å². The maximum absolute atomic E-state index is 6.05. The predicted octanol–water partition coefficient (Wildman–Crippen LogP) is 4.69. The van der Waals surface area contributed by atoms with E-state index in [2.05, 4.69) is 96.8 Å². The Labute approximate surface area is 161 Å². The van der Waals surface area contributed by atoms with Crippen molar-refractivity contribution < 1.29 is 4.42 Å². The molecule has 0 saturated carbocycles. The van der Waals surface area contributed by atoms with E-state index in [0.29, 0.717) is 0 Å². The maximum atomic E-state index is 6.05. The van der Waals surface area contributed by atoms with Gasteiger partial charge in [0, 0.05) is 0 Å².